The van der Waals surface area contributed by atoms with Crippen LogP contribution in [-0.2, 0) is 16.0 Å². The van der Waals surface area contributed by atoms with Crippen molar-refractivity contribution in [1.82, 2.24) is 4.90 Å². The summed E-state index contributed by atoms with van der Waals surface area (Å²) in [7, 11) is 3.78. The minimum atomic E-state index is -0.0520. The Bertz CT molecular complexity index is 544. The van der Waals surface area contributed by atoms with Gasteiger partial charge in [0, 0.05) is 12.1 Å². The molecule has 2 bridgehead atoms. The lowest BCUT2D eigenvalue weighted by molar-refractivity contribution is -0.143. The van der Waals surface area contributed by atoms with E-state index in [9.17, 15) is 4.79 Å². The van der Waals surface area contributed by atoms with Crippen LogP contribution in [-0.4, -0.2) is 37.1 Å². The first kappa shape index (κ1) is 17.5. The molecule has 0 unspecified atom stereocenters. The largest absolute Gasteiger partial charge is 0.469 e. The molecule has 24 heavy (non-hydrogen) atoms. The fourth-order valence-corrected chi connectivity index (χ4v) is 5.26. The van der Waals surface area contributed by atoms with Gasteiger partial charge in [0.25, 0.3) is 0 Å². The Hall–Kier alpha value is -1.35. The standard InChI is InChI=1S/C21H31NO2/c1-4-8-16-12-20-18(14-21(23)24-3)17(13-19(16)22(20)2)11-15-9-6-5-7-10-15/h5-7,9-10,16-20H,4,8,11-14H2,1-3H3/t16-,17+,18+,19-,20-/m1/s1. The Morgan fingerprint density at radius 1 is 1.17 bits per heavy atom. The van der Waals surface area contributed by atoms with Crippen molar-refractivity contribution in [2.45, 2.75) is 57.5 Å². The highest BCUT2D eigenvalue weighted by Gasteiger charge is 2.50. The van der Waals surface area contributed by atoms with Gasteiger partial charge >= 0.3 is 5.97 Å². The van der Waals surface area contributed by atoms with Crippen LogP contribution in [0.3, 0.4) is 0 Å². The predicted octanol–water partition coefficient (Wildman–Crippen LogP) is 3.92. The summed E-state index contributed by atoms with van der Waals surface area (Å²) in [5.74, 6) is 1.75. The summed E-state index contributed by atoms with van der Waals surface area (Å²) in [6.07, 6.45) is 6.69. The van der Waals surface area contributed by atoms with Crippen molar-refractivity contribution >= 4 is 5.97 Å². The first-order chi connectivity index (χ1) is 11.6. The molecule has 2 fully saturated rings. The van der Waals surface area contributed by atoms with Crippen LogP contribution in [0.4, 0.5) is 0 Å². The average molecular weight is 329 g/mol. The fraction of sp³-hybridized carbons (Fsp3) is 0.667. The second-order valence-corrected chi connectivity index (χ2v) is 7.71. The van der Waals surface area contributed by atoms with Crippen LogP contribution in [0.5, 0.6) is 0 Å². The first-order valence-electron chi connectivity index (χ1n) is 9.46. The highest BCUT2D eigenvalue weighted by atomic mass is 16.5. The molecular formula is C21H31NO2. The topological polar surface area (TPSA) is 29.5 Å². The molecule has 5 atom stereocenters. The van der Waals surface area contributed by atoms with E-state index in [4.69, 9.17) is 4.74 Å². The van der Waals surface area contributed by atoms with E-state index < -0.39 is 0 Å². The number of hydrogen-bond acceptors (Lipinski definition) is 3. The third-order valence-corrected chi connectivity index (χ3v) is 6.41. The number of benzene rings is 1. The number of piperidine rings is 1. The summed E-state index contributed by atoms with van der Waals surface area (Å²) in [6.45, 7) is 2.29. The Labute approximate surface area is 146 Å². The van der Waals surface area contributed by atoms with E-state index in [1.807, 2.05) is 0 Å². The molecular weight excluding hydrogens is 298 g/mol. The minimum Gasteiger partial charge on any atom is -0.469 e. The molecule has 0 radical (unpaired) electrons. The fourth-order valence-electron chi connectivity index (χ4n) is 5.26. The van der Waals surface area contributed by atoms with Crippen LogP contribution in [0, 0.1) is 17.8 Å². The number of rotatable bonds is 6. The highest BCUT2D eigenvalue weighted by molar-refractivity contribution is 5.69. The van der Waals surface area contributed by atoms with E-state index in [1.54, 1.807) is 0 Å². The molecule has 0 saturated carbocycles. The number of fused-ring (bicyclic) bond motifs is 2. The Morgan fingerprint density at radius 3 is 2.54 bits per heavy atom. The second-order valence-electron chi connectivity index (χ2n) is 7.71. The smallest absolute Gasteiger partial charge is 0.305 e. The van der Waals surface area contributed by atoms with Gasteiger partial charge in [-0.2, -0.15) is 0 Å². The number of carbonyl (C=O) groups excluding carboxylic acids is 1. The zero-order valence-electron chi connectivity index (χ0n) is 15.3. The van der Waals surface area contributed by atoms with Gasteiger partial charge in [0.15, 0.2) is 0 Å². The van der Waals surface area contributed by atoms with Crippen LogP contribution in [0.15, 0.2) is 30.3 Å². The zero-order chi connectivity index (χ0) is 17.1. The SMILES string of the molecule is CCC[C@@H]1C[C@@H]2[C@@H](CC(=O)OC)[C@@H](Cc3ccccc3)C[C@H]1N2C. The molecule has 1 aromatic rings. The van der Waals surface area contributed by atoms with Gasteiger partial charge < -0.3 is 4.74 Å². The van der Waals surface area contributed by atoms with Crippen molar-refractivity contribution in [3.05, 3.63) is 35.9 Å². The molecule has 3 rings (SSSR count). The summed E-state index contributed by atoms with van der Waals surface area (Å²) in [5.41, 5.74) is 1.40. The van der Waals surface area contributed by atoms with E-state index in [2.05, 4.69) is 49.2 Å². The molecule has 1 aromatic carbocycles. The lowest BCUT2D eigenvalue weighted by atomic mass is 9.75. The number of carbonyl (C=O) groups is 1. The first-order valence-corrected chi connectivity index (χ1v) is 9.46. The molecule has 0 amide bonds. The van der Waals surface area contributed by atoms with Gasteiger partial charge in [-0.15, -0.1) is 0 Å². The molecule has 132 valence electrons. The maximum Gasteiger partial charge on any atom is 0.305 e. The van der Waals surface area contributed by atoms with Crippen molar-refractivity contribution in [2.75, 3.05) is 14.2 Å². The summed E-state index contributed by atoms with van der Waals surface area (Å²) in [5, 5.41) is 0. The molecule has 2 saturated heterocycles. The number of ether oxygens (including phenoxy) is 1. The third kappa shape index (κ3) is 3.51. The summed E-state index contributed by atoms with van der Waals surface area (Å²) in [4.78, 5) is 14.6. The highest BCUT2D eigenvalue weighted by Crippen LogP contribution is 2.48. The average Bonchev–Trinajstić information content (AvgIpc) is 2.80. The lowest BCUT2D eigenvalue weighted by Gasteiger charge is -2.43. The van der Waals surface area contributed by atoms with Crippen molar-refractivity contribution in [1.29, 1.82) is 0 Å². The van der Waals surface area contributed by atoms with Crippen molar-refractivity contribution in [3.8, 4) is 0 Å². The Morgan fingerprint density at radius 2 is 1.88 bits per heavy atom. The van der Waals surface area contributed by atoms with E-state index in [0.717, 1.165) is 12.3 Å². The molecule has 2 aliphatic heterocycles. The molecule has 3 nitrogen and oxygen atoms in total. The normalized spacial score (nSPS) is 32.7. The van der Waals surface area contributed by atoms with E-state index in [-0.39, 0.29) is 5.97 Å². The Balaban J connectivity index is 1.81. The summed E-state index contributed by atoms with van der Waals surface area (Å²) < 4.78 is 5.01. The van der Waals surface area contributed by atoms with Gasteiger partial charge in [0.2, 0.25) is 0 Å². The van der Waals surface area contributed by atoms with Gasteiger partial charge in [-0.05, 0) is 56.0 Å². The van der Waals surface area contributed by atoms with E-state index >= 15 is 0 Å². The van der Waals surface area contributed by atoms with Gasteiger partial charge in [0.1, 0.15) is 0 Å². The molecule has 2 heterocycles. The maximum absolute atomic E-state index is 12.0. The molecule has 0 aliphatic carbocycles. The monoisotopic (exact) mass is 329 g/mol. The minimum absolute atomic E-state index is 0.0520. The van der Waals surface area contributed by atoms with Gasteiger partial charge in [-0.25, -0.2) is 0 Å². The van der Waals surface area contributed by atoms with E-state index in [1.165, 1.54) is 38.4 Å². The molecule has 0 aromatic heterocycles. The molecule has 0 N–H and O–H groups in total. The van der Waals surface area contributed by atoms with Crippen LogP contribution < -0.4 is 0 Å². The van der Waals surface area contributed by atoms with Crippen molar-refractivity contribution in [3.63, 3.8) is 0 Å². The zero-order valence-corrected chi connectivity index (χ0v) is 15.3. The number of esters is 1. The van der Waals surface area contributed by atoms with Gasteiger partial charge in [0.05, 0.1) is 13.5 Å². The number of nitrogens with zero attached hydrogens (tertiary/aromatic N) is 1. The quantitative estimate of drug-likeness (QED) is 0.741. The summed E-state index contributed by atoms with van der Waals surface area (Å²) >= 11 is 0. The molecule has 3 heteroatoms. The van der Waals surface area contributed by atoms with Gasteiger partial charge in [-0.3, -0.25) is 9.69 Å². The molecule has 0 spiro atoms. The van der Waals surface area contributed by atoms with E-state index in [0.29, 0.717) is 30.3 Å². The second kappa shape index (κ2) is 7.69. The number of methoxy groups -OCH3 is 1. The van der Waals surface area contributed by atoms with Crippen molar-refractivity contribution in [2.24, 2.45) is 17.8 Å². The maximum atomic E-state index is 12.0. The molecule has 2 aliphatic rings. The van der Waals surface area contributed by atoms with Crippen LogP contribution in [0.25, 0.3) is 0 Å². The number of hydrogen-bond donors (Lipinski definition) is 0. The van der Waals surface area contributed by atoms with Crippen LogP contribution in [0.2, 0.25) is 0 Å². The third-order valence-electron chi connectivity index (χ3n) is 6.41. The predicted molar refractivity (Wildman–Crippen MR) is 96.7 cm³/mol. The lowest BCUT2D eigenvalue weighted by Crippen LogP contribution is -2.48. The van der Waals surface area contributed by atoms with Crippen LogP contribution >= 0.6 is 0 Å². The Kier molecular flexibility index (Phi) is 5.60. The van der Waals surface area contributed by atoms with Crippen LogP contribution in [0.1, 0.15) is 44.6 Å². The van der Waals surface area contributed by atoms with Crippen molar-refractivity contribution < 1.29 is 9.53 Å². The van der Waals surface area contributed by atoms with Gasteiger partial charge in [-0.1, -0.05) is 43.7 Å². The summed E-state index contributed by atoms with van der Waals surface area (Å²) in [6, 6.07) is 12.0.